The summed E-state index contributed by atoms with van der Waals surface area (Å²) < 4.78 is 0. The number of allylic oxidation sites excluding steroid dienone is 7. The largest absolute Gasteiger partial charge is 0.394 e. The van der Waals surface area contributed by atoms with E-state index in [2.05, 4.69) is 55.6 Å². The van der Waals surface area contributed by atoms with Crippen LogP contribution in [0.2, 0.25) is 0 Å². The van der Waals surface area contributed by atoms with E-state index in [0.717, 1.165) is 51.4 Å². The molecule has 0 aliphatic rings. The summed E-state index contributed by atoms with van der Waals surface area (Å²) in [6, 6.07) is -0.625. The highest BCUT2D eigenvalue weighted by Crippen LogP contribution is 2.10. The second-order valence-electron chi connectivity index (χ2n) is 10.5. The first-order valence-corrected chi connectivity index (χ1v) is 15.9. The quantitative estimate of drug-likeness (QED) is 0.0732. The minimum absolute atomic E-state index is 0.0850. The topological polar surface area (TPSA) is 69.6 Å². The minimum atomic E-state index is -0.841. The third-order valence-electron chi connectivity index (χ3n) is 6.81. The maximum absolute atomic E-state index is 12.2. The summed E-state index contributed by atoms with van der Waals surface area (Å²) >= 11 is 0. The van der Waals surface area contributed by atoms with Gasteiger partial charge in [0.1, 0.15) is 0 Å². The van der Waals surface area contributed by atoms with Crippen LogP contribution in [0.25, 0.3) is 0 Å². The molecule has 4 heteroatoms. The number of aliphatic hydroxyl groups is 2. The van der Waals surface area contributed by atoms with Crippen LogP contribution in [0.4, 0.5) is 0 Å². The highest BCUT2D eigenvalue weighted by molar-refractivity contribution is 5.76. The van der Waals surface area contributed by atoms with E-state index >= 15 is 0 Å². The number of amides is 1. The molecule has 1 amide bonds. The number of hydrogen-bond donors (Lipinski definition) is 3. The van der Waals surface area contributed by atoms with E-state index in [1.807, 2.05) is 6.08 Å². The number of carbonyl (C=O) groups is 1. The maximum atomic E-state index is 12.2. The Kier molecular flexibility index (Phi) is 28.6. The van der Waals surface area contributed by atoms with Crippen LogP contribution in [0.15, 0.2) is 48.6 Å². The summed E-state index contributed by atoms with van der Waals surface area (Å²) in [6.45, 7) is 4.19. The van der Waals surface area contributed by atoms with Crippen molar-refractivity contribution in [2.24, 2.45) is 0 Å². The number of unbranched alkanes of at least 4 members (excludes halogenated alkanes) is 14. The zero-order valence-electron chi connectivity index (χ0n) is 24.9. The Hall–Kier alpha value is -1.65. The second kappa shape index (κ2) is 29.9. The van der Waals surface area contributed by atoms with Gasteiger partial charge < -0.3 is 15.5 Å². The van der Waals surface area contributed by atoms with E-state index in [0.29, 0.717) is 6.42 Å². The second-order valence-corrected chi connectivity index (χ2v) is 10.5. The van der Waals surface area contributed by atoms with Gasteiger partial charge in [-0.05, 0) is 57.8 Å². The van der Waals surface area contributed by atoms with Crippen molar-refractivity contribution in [2.45, 2.75) is 154 Å². The Morgan fingerprint density at radius 2 is 1.08 bits per heavy atom. The lowest BCUT2D eigenvalue weighted by atomic mass is 10.1. The summed E-state index contributed by atoms with van der Waals surface area (Å²) in [7, 11) is 0. The first-order valence-electron chi connectivity index (χ1n) is 15.9. The van der Waals surface area contributed by atoms with Gasteiger partial charge in [-0.2, -0.15) is 0 Å². The monoisotopic (exact) mass is 531 g/mol. The molecule has 4 nitrogen and oxygen atoms in total. The molecule has 0 saturated carbocycles. The Morgan fingerprint density at radius 3 is 1.66 bits per heavy atom. The molecule has 0 aromatic heterocycles. The van der Waals surface area contributed by atoms with E-state index in [1.54, 1.807) is 6.08 Å². The van der Waals surface area contributed by atoms with Gasteiger partial charge in [-0.1, -0.05) is 127 Å². The predicted octanol–water partition coefficient (Wildman–Crippen LogP) is 8.89. The Bertz CT molecular complexity index is 623. The zero-order chi connectivity index (χ0) is 27.9. The molecule has 0 aliphatic heterocycles. The first-order chi connectivity index (χ1) is 18.7. The van der Waals surface area contributed by atoms with Crippen LogP contribution in [0.5, 0.6) is 0 Å². The van der Waals surface area contributed by atoms with Crippen molar-refractivity contribution < 1.29 is 15.0 Å². The highest BCUT2D eigenvalue weighted by Gasteiger charge is 2.17. The molecule has 2 unspecified atom stereocenters. The smallest absolute Gasteiger partial charge is 0.220 e. The minimum Gasteiger partial charge on any atom is -0.394 e. The van der Waals surface area contributed by atoms with Gasteiger partial charge in [0.05, 0.1) is 18.8 Å². The standard InChI is InChI=1S/C34H61NO3/c1-3-5-7-9-11-12-13-14-15-16-17-18-19-20-21-22-24-26-28-30-34(38)35-32(31-36)33(37)29-27-25-23-10-8-6-4-2/h11-12,14-15,17-18,27,29,32-33,36-37H,3-10,13,16,19-26,28,30-31H2,1-2H3,(H,35,38)/b12-11-,15-14-,18-17-,29-27+. The molecule has 3 N–H and O–H groups in total. The van der Waals surface area contributed by atoms with Gasteiger partial charge in [0.25, 0.3) is 0 Å². The SMILES string of the molecule is CCCCC/C=C\C/C=C\C/C=C\CCCCCCCCC(=O)NC(CO)C(O)/C=C/CCCCCCC. The average Bonchev–Trinajstić information content (AvgIpc) is 2.92. The highest BCUT2D eigenvalue weighted by atomic mass is 16.3. The summed E-state index contributed by atoms with van der Waals surface area (Å²) in [6.07, 6.45) is 39.0. The van der Waals surface area contributed by atoms with Crippen LogP contribution in [-0.4, -0.2) is 34.9 Å². The van der Waals surface area contributed by atoms with Gasteiger partial charge in [-0.25, -0.2) is 0 Å². The molecule has 2 atom stereocenters. The number of nitrogens with one attached hydrogen (secondary N) is 1. The van der Waals surface area contributed by atoms with Gasteiger partial charge in [-0.3, -0.25) is 4.79 Å². The van der Waals surface area contributed by atoms with Gasteiger partial charge in [0.15, 0.2) is 0 Å². The summed E-state index contributed by atoms with van der Waals surface area (Å²) in [5.41, 5.74) is 0. The van der Waals surface area contributed by atoms with Crippen LogP contribution in [0.3, 0.4) is 0 Å². The van der Waals surface area contributed by atoms with Gasteiger partial charge in [0.2, 0.25) is 5.91 Å². The van der Waals surface area contributed by atoms with Crippen LogP contribution < -0.4 is 5.32 Å². The van der Waals surface area contributed by atoms with Gasteiger partial charge in [0, 0.05) is 6.42 Å². The summed E-state index contributed by atoms with van der Waals surface area (Å²) in [5, 5.41) is 22.6. The molecule has 0 aromatic rings. The summed E-state index contributed by atoms with van der Waals surface area (Å²) in [4.78, 5) is 12.2. The molecule has 0 heterocycles. The number of rotatable bonds is 27. The summed E-state index contributed by atoms with van der Waals surface area (Å²) in [5.74, 6) is -0.0850. The molecule has 0 spiro atoms. The van der Waals surface area contributed by atoms with Crippen molar-refractivity contribution in [1.82, 2.24) is 5.32 Å². The van der Waals surface area contributed by atoms with Crippen molar-refractivity contribution in [2.75, 3.05) is 6.61 Å². The lowest BCUT2D eigenvalue weighted by Gasteiger charge is -2.20. The molecule has 0 saturated heterocycles. The molecular formula is C34H61NO3. The maximum Gasteiger partial charge on any atom is 0.220 e. The van der Waals surface area contributed by atoms with Crippen LogP contribution >= 0.6 is 0 Å². The molecular weight excluding hydrogens is 470 g/mol. The predicted molar refractivity (Wildman–Crippen MR) is 165 cm³/mol. The number of hydrogen-bond acceptors (Lipinski definition) is 3. The lowest BCUT2D eigenvalue weighted by molar-refractivity contribution is -0.123. The fourth-order valence-electron chi connectivity index (χ4n) is 4.30. The molecule has 0 bridgehead atoms. The number of carbonyl (C=O) groups excluding carboxylic acids is 1. The molecule has 220 valence electrons. The normalized spacial score (nSPS) is 13.9. The van der Waals surface area contributed by atoms with E-state index in [9.17, 15) is 15.0 Å². The van der Waals surface area contributed by atoms with Crippen molar-refractivity contribution >= 4 is 5.91 Å². The van der Waals surface area contributed by atoms with Crippen LogP contribution in [0, 0.1) is 0 Å². The van der Waals surface area contributed by atoms with Crippen LogP contribution in [-0.2, 0) is 4.79 Å². The van der Waals surface area contributed by atoms with Crippen molar-refractivity contribution in [3.8, 4) is 0 Å². The Morgan fingerprint density at radius 1 is 0.632 bits per heavy atom. The molecule has 38 heavy (non-hydrogen) atoms. The third kappa shape index (κ3) is 26.0. The molecule has 0 fully saturated rings. The average molecular weight is 532 g/mol. The Labute approximate surface area is 235 Å². The van der Waals surface area contributed by atoms with Crippen molar-refractivity contribution in [3.05, 3.63) is 48.6 Å². The van der Waals surface area contributed by atoms with E-state index in [4.69, 9.17) is 0 Å². The van der Waals surface area contributed by atoms with E-state index in [1.165, 1.54) is 70.6 Å². The van der Waals surface area contributed by atoms with E-state index in [-0.39, 0.29) is 12.5 Å². The van der Waals surface area contributed by atoms with Gasteiger partial charge in [-0.15, -0.1) is 0 Å². The molecule has 0 aromatic carbocycles. The van der Waals surface area contributed by atoms with E-state index < -0.39 is 12.1 Å². The molecule has 0 rings (SSSR count). The molecule has 0 radical (unpaired) electrons. The zero-order valence-corrected chi connectivity index (χ0v) is 24.9. The fraction of sp³-hybridized carbons (Fsp3) is 0.735. The fourth-order valence-corrected chi connectivity index (χ4v) is 4.30. The van der Waals surface area contributed by atoms with Gasteiger partial charge >= 0.3 is 0 Å². The lowest BCUT2D eigenvalue weighted by Crippen LogP contribution is -2.45. The number of aliphatic hydroxyl groups excluding tert-OH is 2. The first kappa shape index (κ1) is 36.4. The molecule has 0 aliphatic carbocycles. The third-order valence-corrected chi connectivity index (χ3v) is 6.81. The Balaban J connectivity index is 3.67. The van der Waals surface area contributed by atoms with Crippen molar-refractivity contribution in [1.29, 1.82) is 0 Å². The van der Waals surface area contributed by atoms with Crippen LogP contribution in [0.1, 0.15) is 142 Å². The van der Waals surface area contributed by atoms with Crippen molar-refractivity contribution in [3.63, 3.8) is 0 Å².